The first-order valence-corrected chi connectivity index (χ1v) is 6.24. The molecule has 0 unspecified atom stereocenters. The zero-order valence-corrected chi connectivity index (χ0v) is 11.5. The number of fused-ring (bicyclic) bond motifs is 1. The zero-order chi connectivity index (χ0) is 14.8. The van der Waals surface area contributed by atoms with Crippen LogP contribution < -0.4 is 5.32 Å². The van der Waals surface area contributed by atoms with Crippen LogP contribution in [-0.4, -0.2) is 30.6 Å². The highest BCUT2D eigenvalue weighted by Crippen LogP contribution is 2.26. The Kier molecular flexibility index (Phi) is 3.08. The van der Waals surface area contributed by atoms with Crippen molar-refractivity contribution in [1.82, 2.24) is 30.6 Å². The standard InChI is InChI=1S/C13H12N8/c1-7-8(2)12-11(16-6-17-12)3-10(7)15-5-9(4-14)13-18-20-21-19-13/h3,5-6,15H,1-2H3,(H,16,17)(H,18,19,20,21). The number of tetrazole rings is 1. The Hall–Kier alpha value is -3.21. The van der Waals surface area contributed by atoms with E-state index in [0.717, 1.165) is 27.8 Å². The molecule has 0 aliphatic rings. The number of nitrogens with zero attached hydrogens (tertiary/aromatic N) is 5. The third-order valence-corrected chi connectivity index (χ3v) is 3.36. The van der Waals surface area contributed by atoms with Crippen molar-refractivity contribution in [1.29, 1.82) is 5.26 Å². The van der Waals surface area contributed by atoms with E-state index in [4.69, 9.17) is 5.26 Å². The van der Waals surface area contributed by atoms with Crippen molar-refractivity contribution in [3.05, 3.63) is 35.5 Å². The molecule has 0 aliphatic heterocycles. The number of imidazole rings is 1. The van der Waals surface area contributed by atoms with Crippen molar-refractivity contribution in [2.75, 3.05) is 5.32 Å². The summed E-state index contributed by atoms with van der Waals surface area (Å²) in [5.41, 5.74) is 5.22. The van der Waals surface area contributed by atoms with Gasteiger partial charge in [-0.3, -0.25) is 0 Å². The van der Waals surface area contributed by atoms with Crippen molar-refractivity contribution in [2.24, 2.45) is 0 Å². The third-order valence-electron chi connectivity index (χ3n) is 3.36. The van der Waals surface area contributed by atoms with E-state index in [9.17, 15) is 0 Å². The van der Waals surface area contributed by atoms with Gasteiger partial charge in [0.25, 0.3) is 0 Å². The first-order chi connectivity index (χ1) is 10.2. The first-order valence-electron chi connectivity index (χ1n) is 6.24. The first kappa shape index (κ1) is 12.8. The molecular weight excluding hydrogens is 268 g/mol. The Bertz CT molecular complexity index is 850. The van der Waals surface area contributed by atoms with E-state index in [1.54, 1.807) is 12.5 Å². The smallest absolute Gasteiger partial charge is 0.216 e. The predicted molar refractivity (Wildman–Crippen MR) is 77.0 cm³/mol. The lowest BCUT2D eigenvalue weighted by molar-refractivity contribution is 0.881. The minimum absolute atomic E-state index is 0.252. The summed E-state index contributed by atoms with van der Waals surface area (Å²) in [6, 6.07) is 3.99. The number of hydrogen-bond donors (Lipinski definition) is 3. The summed E-state index contributed by atoms with van der Waals surface area (Å²) >= 11 is 0. The number of anilines is 1. The molecule has 0 saturated heterocycles. The van der Waals surface area contributed by atoms with Gasteiger partial charge < -0.3 is 10.3 Å². The van der Waals surface area contributed by atoms with Gasteiger partial charge >= 0.3 is 0 Å². The van der Waals surface area contributed by atoms with Crippen molar-refractivity contribution < 1.29 is 0 Å². The number of nitrogens with one attached hydrogen (secondary N) is 3. The normalized spacial score (nSPS) is 11.6. The van der Waals surface area contributed by atoms with Crippen LogP contribution in [0.25, 0.3) is 16.6 Å². The molecule has 2 heterocycles. The van der Waals surface area contributed by atoms with Gasteiger partial charge in [0.05, 0.1) is 17.4 Å². The van der Waals surface area contributed by atoms with E-state index >= 15 is 0 Å². The largest absolute Gasteiger partial charge is 0.360 e. The molecule has 0 fully saturated rings. The Morgan fingerprint density at radius 1 is 1.38 bits per heavy atom. The minimum Gasteiger partial charge on any atom is -0.360 e. The van der Waals surface area contributed by atoms with E-state index in [1.165, 1.54) is 0 Å². The van der Waals surface area contributed by atoms with Gasteiger partial charge in [-0.05, 0) is 36.3 Å². The van der Waals surface area contributed by atoms with Gasteiger partial charge in [-0.2, -0.15) is 10.5 Å². The monoisotopic (exact) mass is 280 g/mol. The molecule has 0 bridgehead atoms. The van der Waals surface area contributed by atoms with E-state index < -0.39 is 0 Å². The fourth-order valence-corrected chi connectivity index (χ4v) is 2.07. The highest BCUT2D eigenvalue weighted by Gasteiger charge is 2.09. The number of nitriles is 1. The second-order valence-corrected chi connectivity index (χ2v) is 4.52. The van der Waals surface area contributed by atoms with E-state index in [-0.39, 0.29) is 5.82 Å². The Labute approximate surface area is 119 Å². The SMILES string of the molecule is Cc1c(NC=C(C#N)c2nn[nH]n2)cc2[nH]cnc2c1C. The number of H-pyrrole nitrogens is 2. The molecular formula is C13H12N8. The summed E-state index contributed by atoms with van der Waals surface area (Å²) in [5.74, 6) is 0.252. The van der Waals surface area contributed by atoms with Gasteiger partial charge in [-0.1, -0.05) is 0 Å². The number of allylic oxidation sites excluding steroid dienone is 1. The van der Waals surface area contributed by atoms with Gasteiger partial charge in [0, 0.05) is 11.9 Å². The molecule has 8 heteroatoms. The van der Waals surface area contributed by atoms with Crippen LogP contribution in [0.4, 0.5) is 5.69 Å². The lowest BCUT2D eigenvalue weighted by Gasteiger charge is -2.09. The van der Waals surface area contributed by atoms with Gasteiger partial charge in [-0.25, -0.2) is 4.98 Å². The maximum Gasteiger partial charge on any atom is 0.216 e. The molecule has 3 N–H and O–H groups in total. The fourth-order valence-electron chi connectivity index (χ4n) is 2.07. The quantitative estimate of drug-likeness (QED) is 0.628. The highest BCUT2D eigenvalue weighted by molar-refractivity contribution is 5.85. The highest BCUT2D eigenvalue weighted by atomic mass is 15.5. The van der Waals surface area contributed by atoms with E-state index in [2.05, 4.69) is 35.9 Å². The van der Waals surface area contributed by atoms with Crippen LogP contribution in [0.1, 0.15) is 17.0 Å². The second-order valence-electron chi connectivity index (χ2n) is 4.52. The average molecular weight is 280 g/mol. The Balaban J connectivity index is 1.98. The molecule has 3 aromatic rings. The lowest BCUT2D eigenvalue weighted by Crippen LogP contribution is -1.97. The van der Waals surface area contributed by atoms with Crippen LogP contribution in [0.5, 0.6) is 0 Å². The van der Waals surface area contributed by atoms with Gasteiger partial charge in [0.1, 0.15) is 11.6 Å². The van der Waals surface area contributed by atoms with E-state index in [1.807, 2.05) is 26.0 Å². The summed E-state index contributed by atoms with van der Waals surface area (Å²) in [6.07, 6.45) is 3.23. The molecule has 8 nitrogen and oxygen atoms in total. The second kappa shape index (κ2) is 5.05. The van der Waals surface area contributed by atoms with Crippen molar-refractivity contribution in [3.63, 3.8) is 0 Å². The summed E-state index contributed by atoms with van der Waals surface area (Å²) < 4.78 is 0. The topological polar surface area (TPSA) is 119 Å². The molecule has 1 aromatic carbocycles. The molecule has 0 atom stereocenters. The van der Waals surface area contributed by atoms with E-state index in [0.29, 0.717) is 5.57 Å². The lowest BCUT2D eigenvalue weighted by atomic mass is 10.1. The van der Waals surface area contributed by atoms with Crippen LogP contribution in [-0.2, 0) is 0 Å². The molecule has 104 valence electrons. The number of hydrogen-bond acceptors (Lipinski definition) is 6. The summed E-state index contributed by atoms with van der Waals surface area (Å²) in [7, 11) is 0. The maximum atomic E-state index is 9.14. The summed E-state index contributed by atoms with van der Waals surface area (Å²) in [4.78, 5) is 7.37. The zero-order valence-electron chi connectivity index (χ0n) is 11.5. The number of rotatable bonds is 3. The number of aromatic nitrogens is 6. The number of benzene rings is 1. The molecule has 3 rings (SSSR count). The molecule has 0 spiro atoms. The van der Waals surface area contributed by atoms with Gasteiger partial charge in [-0.15, -0.1) is 10.2 Å². The van der Waals surface area contributed by atoms with Crippen LogP contribution in [0.2, 0.25) is 0 Å². The van der Waals surface area contributed by atoms with Crippen LogP contribution in [0.3, 0.4) is 0 Å². The van der Waals surface area contributed by atoms with Crippen LogP contribution in [0.15, 0.2) is 18.6 Å². The Morgan fingerprint density at radius 3 is 2.95 bits per heavy atom. The summed E-state index contributed by atoms with van der Waals surface area (Å²) in [6.45, 7) is 4.01. The minimum atomic E-state index is 0.252. The van der Waals surface area contributed by atoms with Crippen LogP contribution in [0, 0.1) is 25.2 Å². The van der Waals surface area contributed by atoms with Crippen molar-refractivity contribution in [3.8, 4) is 6.07 Å². The van der Waals surface area contributed by atoms with Gasteiger partial charge in [0.2, 0.25) is 5.82 Å². The molecule has 0 saturated carbocycles. The van der Waals surface area contributed by atoms with Crippen LogP contribution >= 0.6 is 0 Å². The Morgan fingerprint density at radius 2 is 2.24 bits per heavy atom. The molecule has 21 heavy (non-hydrogen) atoms. The van der Waals surface area contributed by atoms with Crippen molar-refractivity contribution >= 4 is 22.3 Å². The molecule has 0 radical (unpaired) electrons. The molecule has 2 aromatic heterocycles. The average Bonchev–Trinajstić information content (AvgIpc) is 3.15. The fraction of sp³-hybridized carbons (Fsp3) is 0.154. The summed E-state index contributed by atoms with van der Waals surface area (Å²) in [5, 5.41) is 25.6. The maximum absolute atomic E-state index is 9.14. The number of aromatic amines is 2. The number of aryl methyl sites for hydroxylation is 1. The molecule has 0 amide bonds. The molecule has 0 aliphatic carbocycles. The predicted octanol–water partition coefficient (Wildman–Crippen LogP) is 1.67. The van der Waals surface area contributed by atoms with Crippen molar-refractivity contribution in [2.45, 2.75) is 13.8 Å². The third kappa shape index (κ3) is 2.21. The van der Waals surface area contributed by atoms with Gasteiger partial charge in [0.15, 0.2) is 0 Å².